The number of nitrogens with zero attached hydrogens (tertiary/aromatic N) is 1. The Hall–Kier alpha value is -3.03. The first-order chi connectivity index (χ1) is 16.5. The summed E-state index contributed by atoms with van der Waals surface area (Å²) in [6, 6.07) is 16.9. The lowest BCUT2D eigenvalue weighted by Gasteiger charge is -2.37. The van der Waals surface area contributed by atoms with Crippen LogP contribution >= 0.6 is 27.5 Å². The molecule has 5 rings (SSSR count). The molecule has 34 heavy (non-hydrogen) atoms. The van der Waals surface area contributed by atoms with Gasteiger partial charge in [-0.15, -0.1) is 0 Å². The quantitative estimate of drug-likeness (QED) is 0.200. The van der Waals surface area contributed by atoms with Crippen molar-refractivity contribution in [1.82, 2.24) is 0 Å². The highest BCUT2D eigenvalue weighted by atomic mass is 79.9. The highest BCUT2D eigenvalue weighted by Gasteiger charge is 2.42. The fraction of sp³-hybridized carbons (Fsp3) is 0.231. The Kier molecular flexibility index (Phi) is 6.23. The van der Waals surface area contributed by atoms with E-state index in [9.17, 15) is 10.1 Å². The fourth-order valence-corrected chi connectivity index (χ4v) is 5.73. The number of rotatable bonds is 6. The lowest BCUT2D eigenvalue weighted by atomic mass is 9.76. The number of ether oxygens (including phenoxy) is 2. The van der Waals surface area contributed by atoms with Crippen LogP contribution < -0.4 is 14.8 Å². The Labute approximate surface area is 210 Å². The summed E-state index contributed by atoms with van der Waals surface area (Å²) in [6.07, 6.45) is 4.95. The number of benzene rings is 3. The number of hydrogen-bond acceptors (Lipinski definition) is 5. The first kappa shape index (κ1) is 22.7. The predicted molar refractivity (Wildman–Crippen MR) is 136 cm³/mol. The Morgan fingerprint density at radius 2 is 2.00 bits per heavy atom. The first-order valence-corrected chi connectivity index (χ1v) is 12.1. The maximum atomic E-state index is 11.7. The van der Waals surface area contributed by atoms with Crippen LogP contribution in [-0.4, -0.2) is 12.0 Å². The number of halogens is 2. The van der Waals surface area contributed by atoms with Crippen LogP contribution in [0.5, 0.6) is 11.5 Å². The van der Waals surface area contributed by atoms with E-state index in [-0.39, 0.29) is 28.5 Å². The SMILES string of the molecule is COc1cc([C@@H]2Nc3c(Cl)ccc([N+](=O)[O-])c3[C@@H]3C=CC[C@H]32)cc(Br)c1OCc1ccccc1. The molecule has 1 N–H and O–H groups in total. The molecular formula is C26H22BrClN2O4. The van der Waals surface area contributed by atoms with Gasteiger partial charge in [0.05, 0.1) is 38.8 Å². The molecule has 3 aromatic carbocycles. The van der Waals surface area contributed by atoms with Crippen LogP contribution in [0.25, 0.3) is 0 Å². The average Bonchev–Trinajstić information content (AvgIpc) is 3.33. The Bertz CT molecular complexity index is 1280. The van der Waals surface area contributed by atoms with Gasteiger partial charge in [-0.25, -0.2) is 0 Å². The molecule has 8 heteroatoms. The van der Waals surface area contributed by atoms with Crippen molar-refractivity contribution in [1.29, 1.82) is 0 Å². The van der Waals surface area contributed by atoms with Gasteiger partial charge in [0.1, 0.15) is 6.61 Å². The molecule has 2 aliphatic rings. The van der Waals surface area contributed by atoms with Crippen LogP contribution in [0.15, 0.2) is 71.2 Å². The lowest BCUT2D eigenvalue weighted by Crippen LogP contribution is -2.30. The third kappa shape index (κ3) is 4.03. The molecule has 1 aliphatic heterocycles. The second kappa shape index (κ2) is 9.31. The van der Waals surface area contributed by atoms with Crippen molar-refractivity contribution in [3.8, 4) is 11.5 Å². The van der Waals surface area contributed by atoms with E-state index in [2.05, 4.69) is 33.4 Å². The van der Waals surface area contributed by atoms with Crippen molar-refractivity contribution in [2.75, 3.05) is 12.4 Å². The van der Waals surface area contributed by atoms with Crippen molar-refractivity contribution in [3.05, 3.63) is 103 Å². The molecule has 174 valence electrons. The topological polar surface area (TPSA) is 73.6 Å². The molecule has 0 bridgehead atoms. The summed E-state index contributed by atoms with van der Waals surface area (Å²) >= 11 is 10.2. The molecule has 6 nitrogen and oxygen atoms in total. The minimum Gasteiger partial charge on any atom is -0.493 e. The Morgan fingerprint density at radius 1 is 1.21 bits per heavy atom. The normalized spacial score (nSPS) is 20.3. The van der Waals surface area contributed by atoms with Gasteiger partial charge in [0.25, 0.3) is 5.69 Å². The van der Waals surface area contributed by atoms with Gasteiger partial charge < -0.3 is 14.8 Å². The molecule has 3 aromatic rings. The minimum absolute atomic E-state index is 0.0929. The summed E-state index contributed by atoms with van der Waals surface area (Å²) in [5.41, 5.74) is 3.41. The van der Waals surface area contributed by atoms with Crippen LogP contribution in [0.3, 0.4) is 0 Å². The minimum atomic E-state index is -0.334. The zero-order chi connectivity index (χ0) is 23.8. The number of hydrogen-bond donors (Lipinski definition) is 1. The van der Waals surface area contributed by atoms with E-state index < -0.39 is 0 Å². The molecule has 0 saturated carbocycles. The van der Waals surface area contributed by atoms with Crippen molar-refractivity contribution in [2.45, 2.75) is 25.0 Å². The number of nitro groups is 1. The molecule has 1 heterocycles. The van der Waals surface area contributed by atoms with E-state index in [1.54, 1.807) is 13.2 Å². The van der Waals surface area contributed by atoms with Crippen molar-refractivity contribution >= 4 is 38.9 Å². The molecule has 0 saturated heterocycles. The number of nitro benzene ring substituents is 1. The van der Waals surface area contributed by atoms with E-state index in [4.69, 9.17) is 21.1 Å². The summed E-state index contributed by atoms with van der Waals surface area (Å²) in [6.45, 7) is 0.415. The smallest absolute Gasteiger partial charge is 0.275 e. The fourth-order valence-electron chi connectivity index (χ4n) is 4.93. The maximum Gasteiger partial charge on any atom is 0.275 e. The van der Waals surface area contributed by atoms with Crippen molar-refractivity contribution in [2.24, 2.45) is 5.92 Å². The molecule has 0 radical (unpaired) electrons. The van der Waals surface area contributed by atoms with Gasteiger partial charge in [-0.05, 0) is 57.6 Å². The van der Waals surface area contributed by atoms with Gasteiger partial charge in [0, 0.05) is 12.0 Å². The second-order valence-electron chi connectivity index (χ2n) is 8.40. The van der Waals surface area contributed by atoms with Crippen molar-refractivity contribution in [3.63, 3.8) is 0 Å². The molecule has 0 aromatic heterocycles. The highest BCUT2D eigenvalue weighted by Crippen LogP contribution is 2.55. The second-order valence-corrected chi connectivity index (χ2v) is 9.66. The predicted octanol–water partition coefficient (Wildman–Crippen LogP) is 7.42. The van der Waals surface area contributed by atoms with Crippen LogP contribution in [0, 0.1) is 16.0 Å². The number of methoxy groups -OCH3 is 1. The molecule has 0 fully saturated rings. The first-order valence-electron chi connectivity index (χ1n) is 10.9. The standard InChI is InChI=1S/C26H22BrClN2O4/c1-33-22-13-16(12-19(27)26(22)34-14-15-6-3-2-4-7-15)24-18-9-5-8-17(18)23-21(30(31)32)11-10-20(28)25(23)29-24/h2-8,10-13,17-18,24,29H,9,14H2,1H3/t17-,18-,24+/m1/s1. The van der Waals surface area contributed by atoms with E-state index in [0.717, 1.165) is 22.0 Å². The van der Waals surface area contributed by atoms with Gasteiger partial charge in [-0.2, -0.15) is 0 Å². The van der Waals surface area contributed by atoms with Crippen LogP contribution in [0.2, 0.25) is 5.02 Å². The third-order valence-corrected chi connectivity index (χ3v) is 7.38. The molecule has 0 unspecified atom stereocenters. The monoisotopic (exact) mass is 540 g/mol. The number of nitrogens with one attached hydrogen (secondary N) is 1. The summed E-state index contributed by atoms with van der Waals surface area (Å²) in [7, 11) is 1.62. The summed E-state index contributed by atoms with van der Waals surface area (Å²) in [4.78, 5) is 11.4. The van der Waals surface area contributed by atoms with Gasteiger partial charge in [-0.3, -0.25) is 10.1 Å². The zero-order valence-electron chi connectivity index (χ0n) is 18.3. The van der Waals surface area contributed by atoms with E-state index in [0.29, 0.717) is 34.4 Å². The Balaban J connectivity index is 1.51. The highest BCUT2D eigenvalue weighted by molar-refractivity contribution is 9.10. The summed E-state index contributed by atoms with van der Waals surface area (Å²) in [5, 5.41) is 15.7. The van der Waals surface area contributed by atoms with Gasteiger partial charge >= 0.3 is 0 Å². The van der Waals surface area contributed by atoms with Gasteiger partial charge in [0.15, 0.2) is 11.5 Å². The molecule has 0 spiro atoms. The van der Waals surface area contributed by atoms with Crippen LogP contribution in [0.1, 0.15) is 35.1 Å². The molecule has 0 amide bonds. The summed E-state index contributed by atoms with van der Waals surface area (Å²) < 4.78 is 12.6. The third-order valence-electron chi connectivity index (χ3n) is 6.48. The van der Waals surface area contributed by atoms with Gasteiger partial charge in [0.2, 0.25) is 0 Å². The number of anilines is 1. The van der Waals surface area contributed by atoms with E-state index >= 15 is 0 Å². The number of allylic oxidation sites excluding steroid dienone is 2. The summed E-state index contributed by atoms with van der Waals surface area (Å²) in [5.74, 6) is 1.25. The van der Waals surface area contributed by atoms with E-state index in [1.165, 1.54) is 6.07 Å². The van der Waals surface area contributed by atoms with E-state index in [1.807, 2.05) is 42.5 Å². The molecule has 3 atom stereocenters. The van der Waals surface area contributed by atoms with Crippen LogP contribution in [0.4, 0.5) is 11.4 Å². The maximum absolute atomic E-state index is 11.7. The lowest BCUT2D eigenvalue weighted by molar-refractivity contribution is -0.385. The van der Waals surface area contributed by atoms with Crippen molar-refractivity contribution < 1.29 is 14.4 Å². The average molecular weight is 542 g/mol. The zero-order valence-corrected chi connectivity index (χ0v) is 20.7. The van der Waals surface area contributed by atoms with Gasteiger partial charge in [-0.1, -0.05) is 54.1 Å². The Morgan fingerprint density at radius 3 is 2.74 bits per heavy atom. The van der Waals surface area contributed by atoms with Crippen LogP contribution in [-0.2, 0) is 6.61 Å². The number of fused-ring (bicyclic) bond motifs is 3. The molecular weight excluding hydrogens is 520 g/mol. The largest absolute Gasteiger partial charge is 0.493 e. The molecule has 1 aliphatic carbocycles.